The molecule has 0 amide bonds. The number of aliphatic hydroxyl groups is 1. The van der Waals surface area contributed by atoms with Gasteiger partial charge in [0.1, 0.15) is 5.75 Å². The number of pyridine rings is 1. The first-order valence-electron chi connectivity index (χ1n) is 9.40. The van der Waals surface area contributed by atoms with E-state index in [2.05, 4.69) is 17.1 Å². The monoisotopic (exact) mass is 409 g/mol. The fraction of sp³-hybridized carbons (Fsp3) is 0.273. The average molecular weight is 410 g/mol. The lowest BCUT2D eigenvalue weighted by molar-refractivity contribution is 0.0398. The summed E-state index contributed by atoms with van der Waals surface area (Å²) in [6, 6.07) is 17.9. The second-order valence-electron chi connectivity index (χ2n) is 6.85. The molecule has 2 aromatic heterocycles. The van der Waals surface area contributed by atoms with Crippen molar-refractivity contribution in [3.05, 3.63) is 65.7 Å². The lowest BCUT2D eigenvalue weighted by atomic mass is 10.1. The Labute approximate surface area is 173 Å². The first-order valence-corrected chi connectivity index (χ1v) is 10.4. The number of ether oxygens (including phenoxy) is 2. The number of fused-ring (bicyclic) bond motifs is 3. The quantitative estimate of drug-likeness (QED) is 0.446. The maximum atomic E-state index is 10.3. The van der Waals surface area contributed by atoms with Crippen LogP contribution in [0.15, 0.2) is 59.8 Å². The van der Waals surface area contributed by atoms with Gasteiger partial charge in [0.05, 0.1) is 31.9 Å². The van der Waals surface area contributed by atoms with E-state index in [1.165, 1.54) is 11.8 Å². The molecule has 4 rings (SSSR count). The number of rotatable bonds is 8. The van der Waals surface area contributed by atoms with E-state index in [9.17, 15) is 5.11 Å². The van der Waals surface area contributed by atoms with E-state index >= 15 is 0 Å². The van der Waals surface area contributed by atoms with Gasteiger partial charge in [0.2, 0.25) is 0 Å². The molecule has 29 heavy (non-hydrogen) atoms. The first kappa shape index (κ1) is 19.7. The van der Waals surface area contributed by atoms with Gasteiger partial charge in [-0.2, -0.15) is 0 Å². The normalized spacial score (nSPS) is 12.5. The molecule has 2 heterocycles. The molecule has 150 valence electrons. The predicted molar refractivity (Wildman–Crippen MR) is 115 cm³/mol. The van der Waals surface area contributed by atoms with Crippen molar-refractivity contribution >= 4 is 28.3 Å². The van der Waals surface area contributed by atoms with Gasteiger partial charge in [-0.15, -0.1) is 10.2 Å². The molecule has 4 aromatic rings. The highest BCUT2D eigenvalue weighted by Crippen LogP contribution is 2.28. The summed E-state index contributed by atoms with van der Waals surface area (Å²) < 4.78 is 13.0. The highest BCUT2D eigenvalue weighted by Gasteiger charge is 2.14. The summed E-state index contributed by atoms with van der Waals surface area (Å²) in [5.74, 6) is 1.25. The highest BCUT2D eigenvalue weighted by molar-refractivity contribution is 7.99. The Hall–Kier alpha value is -2.61. The van der Waals surface area contributed by atoms with Crippen LogP contribution in [-0.2, 0) is 11.3 Å². The molecule has 1 unspecified atom stereocenters. The van der Waals surface area contributed by atoms with Crippen LogP contribution in [0.3, 0.4) is 0 Å². The molecule has 0 aliphatic heterocycles. The number of aliphatic hydroxyl groups excluding tert-OH is 1. The maximum Gasteiger partial charge on any atom is 0.196 e. The van der Waals surface area contributed by atoms with Crippen LogP contribution < -0.4 is 4.74 Å². The van der Waals surface area contributed by atoms with Crippen molar-refractivity contribution in [2.75, 3.05) is 19.5 Å². The fourth-order valence-electron chi connectivity index (χ4n) is 3.23. The van der Waals surface area contributed by atoms with Crippen LogP contribution in [0.1, 0.15) is 11.1 Å². The molecule has 0 radical (unpaired) electrons. The van der Waals surface area contributed by atoms with E-state index < -0.39 is 6.10 Å². The number of hydrogen-bond donors (Lipinski definition) is 1. The number of nitrogens with zero attached hydrogens (tertiary/aromatic N) is 3. The molecule has 0 saturated carbocycles. The van der Waals surface area contributed by atoms with Crippen molar-refractivity contribution in [3.63, 3.8) is 0 Å². The molecule has 1 N–H and O–H groups in total. The SMILES string of the molecule is COc1ccc2c(C)cc3nnc(SCC(O)COCc4ccccc4)n3c2c1. The van der Waals surface area contributed by atoms with Crippen molar-refractivity contribution in [3.8, 4) is 5.75 Å². The second kappa shape index (κ2) is 8.82. The van der Waals surface area contributed by atoms with Gasteiger partial charge in [-0.25, -0.2) is 0 Å². The van der Waals surface area contributed by atoms with Crippen LogP contribution in [0.5, 0.6) is 5.75 Å². The summed E-state index contributed by atoms with van der Waals surface area (Å²) in [6.07, 6.45) is -0.595. The summed E-state index contributed by atoms with van der Waals surface area (Å²) in [5, 5.41) is 20.8. The van der Waals surface area contributed by atoms with Gasteiger partial charge in [-0.05, 0) is 36.2 Å². The zero-order valence-electron chi connectivity index (χ0n) is 16.4. The van der Waals surface area contributed by atoms with E-state index in [0.29, 0.717) is 12.4 Å². The largest absolute Gasteiger partial charge is 0.497 e. The molecule has 7 heteroatoms. The zero-order valence-corrected chi connectivity index (χ0v) is 17.2. The van der Waals surface area contributed by atoms with Crippen LogP contribution in [0.2, 0.25) is 0 Å². The number of thioether (sulfide) groups is 1. The van der Waals surface area contributed by atoms with Crippen LogP contribution in [-0.4, -0.2) is 45.3 Å². The number of aromatic nitrogens is 3. The van der Waals surface area contributed by atoms with Gasteiger partial charge >= 0.3 is 0 Å². The van der Waals surface area contributed by atoms with Crippen LogP contribution in [0.4, 0.5) is 0 Å². The lowest BCUT2D eigenvalue weighted by Crippen LogP contribution is -2.18. The van der Waals surface area contributed by atoms with Gasteiger partial charge in [0.25, 0.3) is 0 Å². The van der Waals surface area contributed by atoms with Crippen LogP contribution in [0.25, 0.3) is 16.6 Å². The second-order valence-corrected chi connectivity index (χ2v) is 7.84. The van der Waals surface area contributed by atoms with Gasteiger partial charge in [-0.3, -0.25) is 4.40 Å². The Kier molecular flexibility index (Phi) is 5.99. The molecule has 0 bridgehead atoms. The van der Waals surface area contributed by atoms with E-state index in [4.69, 9.17) is 9.47 Å². The van der Waals surface area contributed by atoms with E-state index in [1.807, 2.05) is 59.0 Å². The number of hydrogen-bond acceptors (Lipinski definition) is 6. The fourth-order valence-corrected chi connectivity index (χ4v) is 4.09. The minimum Gasteiger partial charge on any atom is -0.497 e. The van der Waals surface area contributed by atoms with Gasteiger partial charge in [0, 0.05) is 17.2 Å². The Balaban J connectivity index is 1.47. The van der Waals surface area contributed by atoms with E-state index in [0.717, 1.165) is 38.6 Å². The smallest absolute Gasteiger partial charge is 0.196 e. The number of aryl methyl sites for hydroxylation is 1. The molecule has 0 saturated heterocycles. The van der Waals surface area contributed by atoms with Crippen molar-refractivity contribution in [1.82, 2.24) is 14.6 Å². The van der Waals surface area contributed by atoms with Crippen LogP contribution >= 0.6 is 11.8 Å². The average Bonchev–Trinajstić information content (AvgIpc) is 3.15. The maximum absolute atomic E-state index is 10.3. The third kappa shape index (κ3) is 4.37. The molecule has 0 fully saturated rings. The standard InChI is InChI=1S/C22H23N3O3S/c1-15-10-21-23-24-22(25(21)20-11-18(27-2)8-9-19(15)20)29-14-17(26)13-28-12-16-6-4-3-5-7-16/h3-11,17,26H,12-14H2,1-2H3. The number of benzene rings is 2. The topological polar surface area (TPSA) is 68.9 Å². The predicted octanol–water partition coefficient (Wildman–Crippen LogP) is 3.87. The van der Waals surface area contributed by atoms with Crippen molar-refractivity contribution in [2.45, 2.75) is 24.8 Å². The molecular weight excluding hydrogens is 386 g/mol. The Bertz CT molecular complexity index is 1110. The molecule has 0 aliphatic rings. The molecular formula is C22H23N3O3S. The molecule has 2 aromatic carbocycles. The van der Waals surface area contributed by atoms with Crippen molar-refractivity contribution in [2.24, 2.45) is 0 Å². The molecule has 0 spiro atoms. The highest BCUT2D eigenvalue weighted by atomic mass is 32.2. The van der Waals surface area contributed by atoms with Crippen LogP contribution in [0, 0.1) is 6.92 Å². The van der Waals surface area contributed by atoms with Crippen molar-refractivity contribution < 1.29 is 14.6 Å². The zero-order chi connectivity index (χ0) is 20.2. The molecule has 0 aliphatic carbocycles. The first-order chi connectivity index (χ1) is 14.2. The van der Waals surface area contributed by atoms with E-state index in [1.54, 1.807) is 7.11 Å². The van der Waals surface area contributed by atoms with Gasteiger partial charge in [-0.1, -0.05) is 42.1 Å². The third-order valence-electron chi connectivity index (χ3n) is 4.70. The summed E-state index contributed by atoms with van der Waals surface area (Å²) >= 11 is 1.46. The van der Waals surface area contributed by atoms with Crippen molar-refractivity contribution in [1.29, 1.82) is 0 Å². The molecule has 6 nitrogen and oxygen atoms in total. The Morgan fingerprint density at radius 3 is 2.72 bits per heavy atom. The summed E-state index contributed by atoms with van der Waals surface area (Å²) in [7, 11) is 1.65. The molecule has 1 atom stereocenters. The third-order valence-corrected chi connectivity index (χ3v) is 5.78. The van der Waals surface area contributed by atoms with Gasteiger partial charge < -0.3 is 14.6 Å². The Morgan fingerprint density at radius 2 is 1.93 bits per heavy atom. The summed E-state index contributed by atoms with van der Waals surface area (Å²) in [6.45, 7) is 2.82. The Morgan fingerprint density at radius 1 is 1.10 bits per heavy atom. The van der Waals surface area contributed by atoms with Gasteiger partial charge in [0.15, 0.2) is 10.8 Å². The number of methoxy groups -OCH3 is 1. The minimum atomic E-state index is -0.595. The summed E-state index contributed by atoms with van der Waals surface area (Å²) in [4.78, 5) is 0. The van der Waals surface area contributed by atoms with E-state index in [-0.39, 0.29) is 6.61 Å². The lowest BCUT2D eigenvalue weighted by Gasteiger charge is -2.12. The minimum absolute atomic E-state index is 0.270. The summed E-state index contributed by atoms with van der Waals surface area (Å²) in [5.41, 5.74) is 3.99.